The molecule has 0 saturated heterocycles. The Balaban J connectivity index is 1.90. The van der Waals surface area contributed by atoms with Gasteiger partial charge in [-0.3, -0.25) is 4.79 Å². The van der Waals surface area contributed by atoms with Gasteiger partial charge in [0.15, 0.2) is 0 Å². The van der Waals surface area contributed by atoms with E-state index in [-0.39, 0.29) is 33.9 Å². The third kappa shape index (κ3) is 4.71. The quantitative estimate of drug-likeness (QED) is 0.758. The summed E-state index contributed by atoms with van der Waals surface area (Å²) >= 11 is 11.6. The van der Waals surface area contributed by atoms with Gasteiger partial charge in [-0.15, -0.1) is 0 Å². The van der Waals surface area contributed by atoms with Crippen molar-refractivity contribution in [2.45, 2.75) is 4.90 Å². The minimum Gasteiger partial charge on any atom is -0.349 e. The fourth-order valence-electron chi connectivity index (χ4n) is 1.92. The summed E-state index contributed by atoms with van der Waals surface area (Å²) in [6.45, 7) is 0.195. The molecule has 9 heteroatoms. The molecule has 2 N–H and O–H groups in total. The number of aromatic nitrogens is 1. The molecule has 124 valence electrons. The molecular formula is C14H15Cl2N3O3S. The zero-order valence-electron chi connectivity index (χ0n) is 12.2. The first-order chi connectivity index (χ1) is 10.8. The standard InChI is InChI=1S/C14H15Cl2N3O3S/c1-19-6-2-3-13(19)14(20)17-4-5-18-23(21,22)12-8-10(15)7-11(16)9-12/h2-3,6-9,18H,4-5H2,1H3,(H,17,20). The molecule has 1 aromatic carbocycles. The fraction of sp³-hybridized carbons (Fsp3) is 0.214. The van der Waals surface area contributed by atoms with Crippen molar-refractivity contribution in [3.05, 3.63) is 52.3 Å². The average molecular weight is 376 g/mol. The SMILES string of the molecule is Cn1cccc1C(=O)NCCNS(=O)(=O)c1cc(Cl)cc(Cl)c1. The maximum atomic E-state index is 12.1. The van der Waals surface area contributed by atoms with Crippen LogP contribution in [0.4, 0.5) is 0 Å². The van der Waals surface area contributed by atoms with Crippen molar-refractivity contribution in [3.63, 3.8) is 0 Å². The van der Waals surface area contributed by atoms with Gasteiger partial charge < -0.3 is 9.88 Å². The monoisotopic (exact) mass is 375 g/mol. The minimum absolute atomic E-state index is 0.0243. The molecule has 0 aliphatic carbocycles. The van der Waals surface area contributed by atoms with Gasteiger partial charge in [0, 0.05) is 36.4 Å². The lowest BCUT2D eigenvalue weighted by Gasteiger charge is -2.09. The Morgan fingerprint density at radius 2 is 1.83 bits per heavy atom. The van der Waals surface area contributed by atoms with Crippen LogP contribution in [-0.4, -0.2) is 32.0 Å². The summed E-state index contributed by atoms with van der Waals surface area (Å²) in [6.07, 6.45) is 1.75. The molecule has 1 aromatic heterocycles. The van der Waals surface area contributed by atoms with Gasteiger partial charge in [0.1, 0.15) is 5.69 Å². The number of benzene rings is 1. The molecule has 0 spiro atoms. The highest BCUT2D eigenvalue weighted by molar-refractivity contribution is 7.89. The Morgan fingerprint density at radius 1 is 1.17 bits per heavy atom. The van der Waals surface area contributed by atoms with Gasteiger partial charge in [0.25, 0.3) is 5.91 Å². The fourth-order valence-corrected chi connectivity index (χ4v) is 3.67. The smallest absolute Gasteiger partial charge is 0.267 e. The molecule has 1 amide bonds. The van der Waals surface area contributed by atoms with Crippen LogP contribution in [0.5, 0.6) is 0 Å². The van der Waals surface area contributed by atoms with Gasteiger partial charge in [-0.2, -0.15) is 0 Å². The van der Waals surface area contributed by atoms with Gasteiger partial charge in [0.2, 0.25) is 10.0 Å². The van der Waals surface area contributed by atoms with Crippen LogP contribution in [0.2, 0.25) is 10.0 Å². The van der Waals surface area contributed by atoms with Gasteiger partial charge in [-0.05, 0) is 30.3 Å². The largest absolute Gasteiger partial charge is 0.349 e. The first-order valence-electron chi connectivity index (χ1n) is 6.65. The van der Waals surface area contributed by atoms with Gasteiger partial charge in [-0.1, -0.05) is 23.2 Å². The molecule has 2 rings (SSSR count). The number of carbonyl (C=O) groups is 1. The number of nitrogens with one attached hydrogen (secondary N) is 2. The van der Waals surface area contributed by atoms with Crippen molar-refractivity contribution in [1.29, 1.82) is 0 Å². The topological polar surface area (TPSA) is 80.2 Å². The average Bonchev–Trinajstić information content (AvgIpc) is 2.88. The first kappa shape index (κ1) is 17.8. The molecule has 0 saturated carbocycles. The second-order valence-electron chi connectivity index (χ2n) is 4.76. The Bertz CT molecular complexity index is 798. The van der Waals surface area contributed by atoms with Crippen molar-refractivity contribution in [2.75, 3.05) is 13.1 Å². The van der Waals surface area contributed by atoms with Crippen LogP contribution in [0.25, 0.3) is 0 Å². The molecule has 0 unspecified atom stereocenters. The highest BCUT2D eigenvalue weighted by atomic mass is 35.5. The van der Waals surface area contributed by atoms with E-state index in [1.54, 1.807) is 29.9 Å². The minimum atomic E-state index is -3.74. The molecule has 2 aromatic rings. The van der Waals surface area contributed by atoms with Crippen LogP contribution in [0.3, 0.4) is 0 Å². The number of amides is 1. The van der Waals surface area contributed by atoms with E-state index >= 15 is 0 Å². The van der Waals surface area contributed by atoms with E-state index in [2.05, 4.69) is 10.0 Å². The van der Waals surface area contributed by atoms with Crippen LogP contribution in [-0.2, 0) is 17.1 Å². The number of carbonyl (C=O) groups excluding carboxylic acids is 1. The van der Waals surface area contributed by atoms with Crippen molar-refractivity contribution in [1.82, 2.24) is 14.6 Å². The van der Waals surface area contributed by atoms with Gasteiger partial charge in [-0.25, -0.2) is 13.1 Å². The number of sulfonamides is 1. The molecule has 0 aliphatic heterocycles. The normalized spacial score (nSPS) is 11.4. The Labute approximate surface area is 144 Å². The van der Waals surface area contributed by atoms with E-state index in [9.17, 15) is 13.2 Å². The highest BCUT2D eigenvalue weighted by Crippen LogP contribution is 2.21. The number of hydrogen-bond acceptors (Lipinski definition) is 3. The third-order valence-electron chi connectivity index (χ3n) is 3.03. The molecule has 0 bridgehead atoms. The Kier molecular flexibility index (Phi) is 5.69. The zero-order valence-corrected chi connectivity index (χ0v) is 14.5. The molecule has 0 fully saturated rings. The molecule has 23 heavy (non-hydrogen) atoms. The van der Waals surface area contributed by atoms with Gasteiger partial charge in [0.05, 0.1) is 4.90 Å². The molecule has 6 nitrogen and oxygen atoms in total. The maximum Gasteiger partial charge on any atom is 0.267 e. The van der Waals surface area contributed by atoms with E-state index in [1.807, 2.05) is 0 Å². The lowest BCUT2D eigenvalue weighted by molar-refractivity contribution is 0.0946. The number of aryl methyl sites for hydroxylation is 1. The van der Waals surface area contributed by atoms with Crippen LogP contribution in [0.15, 0.2) is 41.4 Å². The highest BCUT2D eigenvalue weighted by Gasteiger charge is 2.15. The van der Waals surface area contributed by atoms with Crippen molar-refractivity contribution in [3.8, 4) is 0 Å². The number of nitrogens with zero attached hydrogens (tertiary/aromatic N) is 1. The molecular weight excluding hydrogens is 361 g/mol. The van der Waals surface area contributed by atoms with E-state index in [1.165, 1.54) is 18.2 Å². The first-order valence-corrected chi connectivity index (χ1v) is 8.89. The van der Waals surface area contributed by atoms with Crippen LogP contribution < -0.4 is 10.0 Å². The lowest BCUT2D eigenvalue weighted by Crippen LogP contribution is -2.35. The molecule has 1 heterocycles. The second kappa shape index (κ2) is 7.35. The van der Waals surface area contributed by atoms with E-state index in [0.29, 0.717) is 5.69 Å². The summed E-state index contributed by atoms with van der Waals surface area (Å²) in [6, 6.07) is 7.48. The Hall–Kier alpha value is -1.54. The summed E-state index contributed by atoms with van der Waals surface area (Å²) in [5, 5.41) is 3.10. The summed E-state index contributed by atoms with van der Waals surface area (Å²) in [4.78, 5) is 11.8. The van der Waals surface area contributed by atoms with Gasteiger partial charge >= 0.3 is 0 Å². The van der Waals surface area contributed by atoms with Crippen LogP contribution >= 0.6 is 23.2 Å². The van der Waals surface area contributed by atoms with Crippen LogP contribution in [0, 0.1) is 0 Å². The number of hydrogen-bond donors (Lipinski definition) is 2. The van der Waals surface area contributed by atoms with E-state index in [0.717, 1.165) is 0 Å². The molecule has 0 aliphatic rings. The predicted octanol–water partition coefficient (Wildman–Crippen LogP) is 2.04. The summed E-state index contributed by atoms with van der Waals surface area (Å²) < 4.78 is 28.3. The lowest BCUT2D eigenvalue weighted by atomic mass is 10.4. The van der Waals surface area contributed by atoms with E-state index < -0.39 is 10.0 Å². The zero-order chi connectivity index (χ0) is 17.0. The van der Waals surface area contributed by atoms with Crippen LogP contribution in [0.1, 0.15) is 10.5 Å². The number of halogens is 2. The van der Waals surface area contributed by atoms with Crippen molar-refractivity contribution in [2.24, 2.45) is 7.05 Å². The number of rotatable bonds is 6. The summed E-state index contributed by atoms with van der Waals surface area (Å²) in [5.41, 5.74) is 0.495. The van der Waals surface area contributed by atoms with Crippen molar-refractivity contribution < 1.29 is 13.2 Å². The molecule has 0 atom stereocenters. The van der Waals surface area contributed by atoms with Crippen molar-refractivity contribution >= 4 is 39.1 Å². The summed E-state index contributed by atoms with van der Waals surface area (Å²) in [5.74, 6) is -0.275. The molecule has 0 radical (unpaired) electrons. The summed E-state index contributed by atoms with van der Waals surface area (Å²) in [7, 11) is -1.99. The third-order valence-corrected chi connectivity index (χ3v) is 4.90. The Morgan fingerprint density at radius 3 is 2.39 bits per heavy atom. The predicted molar refractivity (Wildman–Crippen MR) is 89.4 cm³/mol. The van der Waals surface area contributed by atoms with E-state index in [4.69, 9.17) is 23.2 Å². The maximum absolute atomic E-state index is 12.1. The second-order valence-corrected chi connectivity index (χ2v) is 7.40.